The van der Waals surface area contributed by atoms with Gasteiger partial charge in [-0.1, -0.05) is 197 Å². The molecule has 6 atom stereocenters. The molecule has 2 bridgehead atoms. The molecule has 0 aliphatic heterocycles. The van der Waals surface area contributed by atoms with Crippen LogP contribution in [0, 0.1) is 57.7 Å². The van der Waals surface area contributed by atoms with Crippen LogP contribution in [-0.4, -0.2) is 30.4 Å². The average Bonchev–Trinajstić information content (AvgIpc) is 3.77. The molecular weight excluding hydrogens is 896 g/mol. The molecule has 4 saturated carbocycles. The highest BCUT2D eigenvalue weighted by atomic mass is 19.4. The molecule has 4 unspecified atom stereocenters. The SMILES string of the molecule is CC1CCC(C)(F)CC1.CC1[C@H]2CC[C@@H]1C2(C)C(F)(F)F.[2H]C([2H])(C)C(C)(C)C.[2H]C([2H])(C)C(C)(C)C(F)(F)F.[2H]C([2H])(C)C(C)C.[2H]C([2H])(C)C(C)C(F)(F)F.[2H]C([2H])(C)CC.[2H]C([2H])(C)CC(C)C(F)(F)F.[2H]C([2H])(C)CCC. The van der Waals surface area contributed by atoms with Crippen LogP contribution >= 0.6 is 0 Å². The molecular formula is C54H107F13. The first-order chi connectivity index (χ1) is 34.6. The van der Waals surface area contributed by atoms with E-state index in [2.05, 4.69) is 6.92 Å². The van der Waals surface area contributed by atoms with Crippen LogP contribution in [0.1, 0.15) is 280 Å². The van der Waals surface area contributed by atoms with E-state index in [0.717, 1.165) is 99.3 Å². The van der Waals surface area contributed by atoms with Crippen molar-refractivity contribution in [1.82, 2.24) is 0 Å². The molecule has 67 heavy (non-hydrogen) atoms. The number of halogens is 13. The van der Waals surface area contributed by atoms with Crippen molar-refractivity contribution in [2.24, 2.45) is 57.7 Å². The highest BCUT2D eigenvalue weighted by Crippen LogP contribution is 2.71. The quantitative estimate of drug-likeness (QED) is 0.213. The molecule has 0 radical (unpaired) electrons. The molecule has 414 valence electrons. The summed E-state index contributed by atoms with van der Waals surface area (Å²) in [6.07, 6.45) is -20.3. The summed E-state index contributed by atoms with van der Waals surface area (Å²) < 4.78 is 255. The Morgan fingerprint density at radius 1 is 0.552 bits per heavy atom. The van der Waals surface area contributed by atoms with Crippen molar-refractivity contribution in [3.8, 4) is 0 Å². The molecule has 4 aliphatic rings. The summed E-state index contributed by atoms with van der Waals surface area (Å²) in [6.45, 7) is 33.4. The summed E-state index contributed by atoms with van der Waals surface area (Å²) >= 11 is 0. The summed E-state index contributed by atoms with van der Waals surface area (Å²) in [6, 6.07) is 0. The van der Waals surface area contributed by atoms with Crippen LogP contribution in [0.3, 0.4) is 0 Å². The number of hydrogen-bond acceptors (Lipinski definition) is 0. The molecule has 0 nitrogen and oxygen atoms in total. The van der Waals surface area contributed by atoms with Gasteiger partial charge in [0.2, 0.25) is 0 Å². The molecule has 13 heteroatoms. The van der Waals surface area contributed by atoms with Crippen LogP contribution in [0.25, 0.3) is 0 Å². The van der Waals surface area contributed by atoms with Crippen molar-refractivity contribution < 1.29 is 76.3 Å². The lowest BCUT2D eigenvalue weighted by Gasteiger charge is -2.53. The summed E-state index contributed by atoms with van der Waals surface area (Å²) in [4.78, 5) is 0. The predicted molar refractivity (Wildman–Crippen MR) is 263 cm³/mol. The van der Waals surface area contributed by atoms with Crippen molar-refractivity contribution in [3.63, 3.8) is 0 Å². The van der Waals surface area contributed by atoms with E-state index >= 15 is 0 Å². The van der Waals surface area contributed by atoms with E-state index in [4.69, 9.17) is 19.2 Å². The Morgan fingerprint density at radius 2 is 0.910 bits per heavy atom. The van der Waals surface area contributed by atoms with Gasteiger partial charge < -0.3 is 0 Å². The Kier molecular flexibility index (Phi) is 28.1. The van der Waals surface area contributed by atoms with E-state index in [9.17, 15) is 57.1 Å². The van der Waals surface area contributed by atoms with Crippen LogP contribution < -0.4 is 0 Å². The Bertz CT molecular complexity index is 1590. The van der Waals surface area contributed by atoms with Gasteiger partial charge in [0.05, 0.1) is 22.7 Å². The van der Waals surface area contributed by atoms with Crippen molar-refractivity contribution in [2.45, 2.75) is 292 Å². The second kappa shape index (κ2) is 36.9. The third-order valence-electron chi connectivity index (χ3n) is 12.0. The standard InChI is InChI=1S/C9H13F3.C8H15F.2C6H11F3.C6H14.C5H9F3.2C5H12.C4H10/c1-5-6-3-4-7(5)8(6,2)9(10,11)12;1-7-3-5-8(2,9)6-4-7;1-4-5(2,3)6(7,8)9;1-3-4-5(2)6(7,8)9;1-5-6(2,3)4;1-3-4(2)5(6,7)8;1-4-5(2)3;1-3-5-4-2;1-3-4-2/h5-7H,3-4H2,1-2H3;7H,3-6H2,1-2H3;4H2,1-3H3;5H,3-4H2,1-2H3;5H2,1-4H3;4H,3H2,1-2H3;5H,4H2,1-3H3;3-5H2,1-2H3;3-4H2,1-2H3/t5?,6-,7+,8?;;;;;;;;/i;;4D2;3D2;5D2;3D2;4D2;2*3D2. The third kappa shape index (κ3) is 38.4. The second-order valence-electron chi connectivity index (χ2n) is 19.7. The molecule has 4 aliphatic carbocycles. The lowest BCUT2D eigenvalue weighted by Crippen LogP contribution is -2.56. The first kappa shape index (κ1) is 51.0. The smallest absolute Gasteiger partial charge is 0.244 e. The fraction of sp³-hybridized carbons (Fsp3) is 1.00. The average molecular weight is 1020 g/mol. The Labute approximate surface area is 425 Å². The van der Waals surface area contributed by atoms with Crippen molar-refractivity contribution in [1.29, 1.82) is 0 Å². The lowest BCUT2D eigenvalue weighted by molar-refractivity contribution is -0.291. The largest absolute Gasteiger partial charge is 0.394 e. The molecule has 0 N–H and O–H groups in total. The number of rotatable bonds is 8. The van der Waals surface area contributed by atoms with Gasteiger partial charge in [-0.3, -0.25) is 0 Å². The summed E-state index contributed by atoms with van der Waals surface area (Å²) in [7, 11) is 0. The van der Waals surface area contributed by atoms with Crippen LogP contribution in [0.2, 0.25) is 0 Å². The van der Waals surface area contributed by atoms with Gasteiger partial charge in [-0.15, -0.1) is 0 Å². The summed E-state index contributed by atoms with van der Waals surface area (Å²) in [5.41, 5.74) is -4.70. The normalized spacial score (nSPS) is 28.8. The third-order valence-corrected chi connectivity index (χ3v) is 12.0. The van der Waals surface area contributed by atoms with E-state index in [1.165, 1.54) is 6.92 Å². The maximum atomic E-state index is 13.0. The van der Waals surface area contributed by atoms with Gasteiger partial charge in [-0.25, -0.2) is 4.39 Å². The topological polar surface area (TPSA) is 0 Å². The minimum atomic E-state index is -4.49. The van der Waals surface area contributed by atoms with Crippen LogP contribution in [0.15, 0.2) is 0 Å². The number of alkyl halides is 13. The van der Waals surface area contributed by atoms with E-state index in [0.29, 0.717) is 18.8 Å². The minimum Gasteiger partial charge on any atom is -0.244 e. The molecule has 0 aromatic carbocycles. The molecule has 0 saturated heterocycles. The Balaban J connectivity index is -0.000000197. The Morgan fingerprint density at radius 3 is 1.00 bits per heavy atom. The number of hydrogen-bond donors (Lipinski definition) is 0. The van der Waals surface area contributed by atoms with E-state index in [1.54, 1.807) is 34.6 Å². The van der Waals surface area contributed by atoms with E-state index in [-0.39, 0.29) is 23.2 Å². The van der Waals surface area contributed by atoms with Crippen molar-refractivity contribution in [3.05, 3.63) is 0 Å². The molecule has 0 aromatic heterocycles. The molecule has 0 aromatic rings. The fourth-order valence-corrected chi connectivity index (χ4v) is 5.78. The predicted octanol–water partition coefficient (Wildman–Crippen LogP) is 23.2. The van der Waals surface area contributed by atoms with Gasteiger partial charge in [0.25, 0.3) is 0 Å². The molecule has 0 heterocycles. The van der Waals surface area contributed by atoms with E-state index in [1.807, 2.05) is 55.4 Å². The van der Waals surface area contributed by atoms with Crippen molar-refractivity contribution >= 4 is 0 Å². The molecule has 0 amide bonds. The van der Waals surface area contributed by atoms with Crippen LogP contribution in [0.5, 0.6) is 0 Å². The van der Waals surface area contributed by atoms with Crippen molar-refractivity contribution in [2.75, 3.05) is 0 Å². The fourth-order valence-electron chi connectivity index (χ4n) is 5.78. The summed E-state index contributed by atoms with van der Waals surface area (Å²) in [5, 5.41) is 0. The van der Waals surface area contributed by atoms with Gasteiger partial charge in [0.15, 0.2) is 0 Å². The highest BCUT2D eigenvalue weighted by Gasteiger charge is 2.72. The van der Waals surface area contributed by atoms with Crippen LogP contribution in [-0.2, 0) is 0 Å². The van der Waals surface area contributed by atoms with Gasteiger partial charge in [-0.05, 0) is 99.6 Å². The zero-order valence-electron chi connectivity index (χ0n) is 59.5. The second-order valence-corrected chi connectivity index (χ2v) is 19.7. The zero-order valence-corrected chi connectivity index (χ0v) is 45.5. The zero-order chi connectivity index (χ0) is 67.6. The maximum absolute atomic E-state index is 13.0. The van der Waals surface area contributed by atoms with Gasteiger partial charge in [0, 0.05) is 19.2 Å². The first-order valence-electron chi connectivity index (χ1n) is 30.5. The minimum absolute atomic E-state index is 0.0949. The Hall–Kier alpha value is -0.910. The monoisotopic (exact) mass is 1020 g/mol. The molecule has 0 spiro atoms. The summed E-state index contributed by atoms with van der Waals surface area (Å²) in [5.74, 6) is -2.47. The van der Waals surface area contributed by atoms with Gasteiger partial charge in [-0.2, -0.15) is 52.7 Å². The molecule has 4 rings (SSSR count). The maximum Gasteiger partial charge on any atom is 0.394 e. The first-order valence-corrected chi connectivity index (χ1v) is 23.5. The van der Waals surface area contributed by atoms with Crippen LogP contribution in [0.4, 0.5) is 57.1 Å². The number of fused-ring (bicyclic) bond motifs is 1. The molecule has 4 fully saturated rings. The van der Waals surface area contributed by atoms with Gasteiger partial charge >= 0.3 is 24.7 Å². The lowest BCUT2D eigenvalue weighted by atomic mass is 9.53. The highest BCUT2D eigenvalue weighted by molar-refractivity contribution is 5.12. The van der Waals surface area contributed by atoms with E-state index < -0.39 is 104 Å². The van der Waals surface area contributed by atoms with Gasteiger partial charge in [0.1, 0.15) is 5.67 Å².